The second-order valence-corrected chi connectivity index (χ2v) is 15.6. The van der Waals surface area contributed by atoms with Gasteiger partial charge in [0.05, 0.1) is 23.6 Å². The van der Waals surface area contributed by atoms with E-state index < -0.39 is 34.6 Å². The molecule has 10 nitrogen and oxygen atoms in total. The molecule has 1 aromatic rings. The molecule has 204 valence electrons. The van der Waals surface area contributed by atoms with E-state index in [0.29, 0.717) is 12.2 Å². The van der Waals surface area contributed by atoms with Gasteiger partial charge in [-0.1, -0.05) is 41.5 Å². The quantitative estimate of drug-likeness (QED) is 0.341. The molecule has 0 spiro atoms. The van der Waals surface area contributed by atoms with Gasteiger partial charge in [-0.25, -0.2) is 9.00 Å². The van der Waals surface area contributed by atoms with Gasteiger partial charge in [-0.2, -0.15) is 4.76 Å². The molecule has 0 bridgehead atoms. The van der Waals surface area contributed by atoms with Crippen LogP contribution in [-0.2, 0) is 28.4 Å². The summed E-state index contributed by atoms with van der Waals surface area (Å²) in [7, 11) is -7.02. The van der Waals surface area contributed by atoms with Crippen molar-refractivity contribution in [3.05, 3.63) is 29.5 Å². The highest BCUT2D eigenvalue weighted by molar-refractivity contribution is 8.01. The summed E-state index contributed by atoms with van der Waals surface area (Å²) in [5.74, 6) is -0.555. The van der Waals surface area contributed by atoms with Gasteiger partial charge in [0.15, 0.2) is 5.84 Å². The summed E-state index contributed by atoms with van der Waals surface area (Å²) >= 11 is 0. The van der Waals surface area contributed by atoms with E-state index in [4.69, 9.17) is 4.52 Å². The molecule has 0 saturated heterocycles. The van der Waals surface area contributed by atoms with Crippen LogP contribution >= 0.6 is 7.52 Å². The number of carbonyl (C=O) groups is 1. The van der Waals surface area contributed by atoms with Crippen molar-refractivity contribution in [3.8, 4) is 0 Å². The zero-order valence-corrected chi connectivity index (χ0v) is 24.4. The van der Waals surface area contributed by atoms with Crippen molar-refractivity contribution in [2.45, 2.75) is 60.9 Å². The van der Waals surface area contributed by atoms with Crippen LogP contribution in [0.3, 0.4) is 0 Å². The number of nitrogens with one attached hydrogen (secondary N) is 2. The van der Waals surface area contributed by atoms with Gasteiger partial charge in [-0.15, -0.1) is 0 Å². The van der Waals surface area contributed by atoms with Gasteiger partial charge in [-0.05, 0) is 42.4 Å². The van der Waals surface area contributed by atoms with Gasteiger partial charge in [0.1, 0.15) is 21.0 Å². The van der Waals surface area contributed by atoms with Crippen molar-refractivity contribution in [2.24, 2.45) is 15.6 Å². The minimum absolute atomic E-state index is 0.0272. The van der Waals surface area contributed by atoms with Gasteiger partial charge in [0.25, 0.3) is 5.91 Å². The molecule has 0 aromatic heterocycles. The highest BCUT2D eigenvalue weighted by Gasteiger charge is 2.48. The number of aliphatic hydroxyl groups is 1. The number of hydrogen-bond donors (Lipinski definition) is 3. The van der Waals surface area contributed by atoms with Crippen LogP contribution in [0.15, 0.2) is 34.3 Å². The third-order valence-corrected chi connectivity index (χ3v) is 9.02. The summed E-state index contributed by atoms with van der Waals surface area (Å²) < 4.78 is 38.7. The summed E-state index contributed by atoms with van der Waals surface area (Å²) in [4.78, 5) is 26.3. The predicted octanol–water partition coefficient (Wildman–Crippen LogP) is 4.18. The Morgan fingerprint density at radius 3 is 2.46 bits per heavy atom. The molecule has 2 heterocycles. The second kappa shape index (κ2) is 9.95. The van der Waals surface area contributed by atoms with E-state index in [2.05, 4.69) is 35.6 Å². The highest BCUT2D eigenvalue weighted by atomic mass is 32.2. The van der Waals surface area contributed by atoms with Crippen LogP contribution in [0.5, 0.6) is 0 Å². The molecular weight excluding hydrogens is 515 g/mol. The third-order valence-electron chi connectivity index (χ3n) is 6.02. The first-order valence-electron chi connectivity index (χ1n) is 12.1. The molecule has 37 heavy (non-hydrogen) atoms. The second-order valence-electron chi connectivity index (χ2n) is 11.6. The van der Waals surface area contributed by atoms with E-state index in [1.165, 1.54) is 17.6 Å². The third kappa shape index (κ3) is 6.12. The van der Waals surface area contributed by atoms with Crippen molar-refractivity contribution < 1.29 is 28.0 Å². The van der Waals surface area contributed by atoms with Gasteiger partial charge in [0.2, 0.25) is 5.23 Å². The SMILES string of the molecule is CCO[P@]1(=O)N=C(C2=C(O)[C@@H](C(C)(C)C)N(CCC(C)(C)C)C2=O)Nc2ccc(NS(C)(=O)=C=O)cc21. The molecule has 0 radical (unpaired) electrons. The maximum atomic E-state index is 14.0. The van der Waals surface area contributed by atoms with E-state index in [0.717, 1.165) is 6.42 Å². The van der Waals surface area contributed by atoms with E-state index >= 15 is 0 Å². The van der Waals surface area contributed by atoms with E-state index in [1.54, 1.807) is 24.0 Å². The number of amidine groups is 1. The Morgan fingerprint density at radius 1 is 1.27 bits per heavy atom. The largest absolute Gasteiger partial charge is 0.509 e. The van der Waals surface area contributed by atoms with E-state index in [-0.39, 0.29) is 40.2 Å². The number of fused-ring (bicyclic) bond motifs is 1. The predicted molar refractivity (Wildman–Crippen MR) is 148 cm³/mol. The molecular formula is C25H37N4O6PS. The molecule has 1 amide bonds. The molecule has 3 N–H and O–H groups in total. The summed E-state index contributed by atoms with van der Waals surface area (Å²) in [5.41, 5.74) is 0.0996. The molecule has 0 aliphatic carbocycles. The van der Waals surface area contributed by atoms with Crippen LogP contribution < -0.4 is 15.3 Å². The monoisotopic (exact) mass is 552 g/mol. The fraction of sp³-hybridized carbons (Fsp3) is 0.560. The smallest absolute Gasteiger partial charge is 0.348 e. The Bertz CT molecular complexity index is 1360. The number of rotatable bonds is 7. The van der Waals surface area contributed by atoms with Gasteiger partial charge in [-0.3, -0.25) is 9.36 Å². The lowest BCUT2D eigenvalue weighted by atomic mass is 9.84. The lowest BCUT2D eigenvalue weighted by molar-refractivity contribution is -0.128. The van der Waals surface area contributed by atoms with Crippen LogP contribution in [0.25, 0.3) is 0 Å². The van der Waals surface area contributed by atoms with Crippen molar-refractivity contribution in [3.63, 3.8) is 0 Å². The van der Waals surface area contributed by atoms with Crippen LogP contribution in [0, 0.1) is 10.8 Å². The molecule has 3 atom stereocenters. The molecule has 1 unspecified atom stereocenters. The van der Waals surface area contributed by atoms with E-state index in [1.807, 2.05) is 20.8 Å². The maximum Gasteiger partial charge on any atom is 0.348 e. The van der Waals surface area contributed by atoms with Crippen molar-refractivity contribution in [1.29, 1.82) is 0 Å². The maximum absolute atomic E-state index is 14.0. The molecule has 2 aliphatic rings. The molecule has 3 rings (SSSR count). The normalized spacial score (nSPS) is 23.7. The summed E-state index contributed by atoms with van der Waals surface area (Å²) in [6, 6.07) is 3.97. The first-order chi connectivity index (χ1) is 16.9. The average Bonchev–Trinajstić information content (AvgIpc) is 3.01. The summed E-state index contributed by atoms with van der Waals surface area (Å²) in [6.07, 6.45) is 1.93. The lowest BCUT2D eigenvalue weighted by Gasteiger charge is -2.36. The van der Waals surface area contributed by atoms with Crippen molar-refractivity contribution >= 4 is 50.9 Å². The zero-order valence-electron chi connectivity index (χ0n) is 22.7. The van der Waals surface area contributed by atoms with Crippen LogP contribution in [0.2, 0.25) is 0 Å². The van der Waals surface area contributed by atoms with Crippen LogP contribution in [-0.4, -0.2) is 56.6 Å². The Morgan fingerprint density at radius 2 is 1.92 bits per heavy atom. The highest BCUT2D eigenvalue weighted by Crippen LogP contribution is 2.53. The van der Waals surface area contributed by atoms with Gasteiger partial charge < -0.3 is 24.6 Å². The Labute approximate surface area is 219 Å². The fourth-order valence-corrected chi connectivity index (χ4v) is 6.77. The lowest BCUT2D eigenvalue weighted by Crippen LogP contribution is -2.45. The molecule has 2 aliphatic heterocycles. The van der Waals surface area contributed by atoms with Gasteiger partial charge in [0, 0.05) is 18.5 Å². The average molecular weight is 553 g/mol. The minimum atomic E-state index is -3.91. The number of aliphatic hydroxyl groups excluding tert-OH is 1. The number of benzene rings is 1. The van der Waals surface area contributed by atoms with Crippen molar-refractivity contribution in [2.75, 3.05) is 29.4 Å². The number of hydrogen-bond acceptors (Lipinski definition) is 7. The van der Waals surface area contributed by atoms with Crippen molar-refractivity contribution in [1.82, 2.24) is 4.90 Å². The number of anilines is 2. The van der Waals surface area contributed by atoms with E-state index in [9.17, 15) is 23.5 Å². The fourth-order valence-electron chi connectivity index (χ4n) is 4.35. The number of carbonyl (C=O) groups excluding carboxylic acids is 2. The molecule has 1 aromatic carbocycles. The summed E-state index contributed by atoms with van der Waals surface area (Å²) in [5, 5.41) is 16.0. The topological polar surface area (TPSA) is 137 Å². The number of nitrogens with zero attached hydrogens (tertiary/aromatic N) is 2. The minimum Gasteiger partial charge on any atom is -0.509 e. The molecule has 0 saturated carbocycles. The van der Waals surface area contributed by atoms with Crippen LogP contribution in [0.1, 0.15) is 54.9 Å². The Balaban J connectivity index is 2.10. The van der Waals surface area contributed by atoms with Gasteiger partial charge >= 0.3 is 7.52 Å². The zero-order chi connectivity index (χ0) is 28.0. The first kappa shape index (κ1) is 29.0. The first-order valence-corrected chi connectivity index (χ1v) is 15.6. The number of amides is 1. The standard InChI is InChI=1S/C25H37N4O6PS/c1-9-35-36(33)18-14-16(28-37(8,34)15-30)10-11-17(18)26-22(27-36)19-20(31)21(25(5,6)7)29(23(19)32)13-12-24(2,3)4/h10-11,14,21,31H,9,12-13H2,1-8H3,(H,28,34)(H,26,27,33)/t21-,36-,37?/m0/s1. The molecule has 12 heteroatoms. The Kier molecular flexibility index (Phi) is 7.79. The van der Waals surface area contributed by atoms with Crippen LogP contribution in [0.4, 0.5) is 11.4 Å². The summed E-state index contributed by atoms with van der Waals surface area (Å²) in [6.45, 7) is 14.3. The molecule has 0 fully saturated rings. The Hall–Kier alpha value is -2.58.